The highest BCUT2D eigenvalue weighted by Crippen LogP contribution is 2.35. The Morgan fingerprint density at radius 2 is 1.40 bits per heavy atom. The van der Waals surface area contributed by atoms with Crippen molar-refractivity contribution in [2.75, 3.05) is 39.4 Å². The van der Waals surface area contributed by atoms with E-state index in [0.717, 1.165) is 32.7 Å². The van der Waals surface area contributed by atoms with Crippen molar-refractivity contribution in [3.63, 3.8) is 0 Å². The van der Waals surface area contributed by atoms with Crippen LogP contribution in [0.4, 0.5) is 0 Å². The molecule has 0 radical (unpaired) electrons. The Bertz CT molecular complexity index is 832. The Morgan fingerprint density at radius 1 is 0.771 bits per heavy atom. The molecular formula is C30H48N4O. The van der Waals surface area contributed by atoms with Crippen LogP contribution < -0.4 is 0 Å². The van der Waals surface area contributed by atoms with Gasteiger partial charge in [-0.15, -0.1) is 0 Å². The smallest absolute Gasteiger partial charge is 0.0594 e. The van der Waals surface area contributed by atoms with Crippen molar-refractivity contribution in [1.82, 2.24) is 19.8 Å². The molecule has 0 N–H and O–H groups in total. The van der Waals surface area contributed by atoms with Crippen LogP contribution >= 0.6 is 0 Å². The lowest BCUT2D eigenvalue weighted by molar-refractivity contribution is 0.00609. The molecule has 2 unspecified atom stereocenters. The van der Waals surface area contributed by atoms with E-state index in [1.807, 2.05) is 24.7 Å². The van der Waals surface area contributed by atoms with Gasteiger partial charge in [0.25, 0.3) is 0 Å². The van der Waals surface area contributed by atoms with Gasteiger partial charge >= 0.3 is 0 Å². The average Bonchev–Trinajstić information content (AvgIpc) is 3.37. The van der Waals surface area contributed by atoms with Gasteiger partial charge in [-0.25, -0.2) is 0 Å². The molecule has 2 aromatic rings. The van der Waals surface area contributed by atoms with Gasteiger partial charge in [0, 0.05) is 37.7 Å². The largest absolute Gasteiger partial charge is 0.379 e. The summed E-state index contributed by atoms with van der Waals surface area (Å²) in [5, 5.41) is 0. The number of hydrogen-bond donors (Lipinski definition) is 0. The monoisotopic (exact) mass is 480 g/mol. The summed E-state index contributed by atoms with van der Waals surface area (Å²) < 4.78 is 5.45. The number of aromatic nitrogens is 2. The lowest BCUT2D eigenvalue weighted by atomic mass is 9.85. The molecule has 4 heterocycles. The molecule has 5 nitrogen and oxygen atoms in total. The standard InChI is InChI=1S/C15H24N2O.C15H24N2/c1-15(2,3)12-14(13-6-4-5-7-16-13)17-8-10-18-11-9-17;1-15(2,3)11-14(17-9-4-5-10-17)13-7-6-8-16-12-13/h4-7,14H,8-12H2,1-3H3;6-8,12,14H,4-5,9-11H2,1-3H3. The van der Waals surface area contributed by atoms with Crippen LogP contribution in [-0.4, -0.2) is 59.2 Å². The maximum Gasteiger partial charge on any atom is 0.0594 e. The van der Waals surface area contributed by atoms with Crippen LogP contribution in [0, 0.1) is 10.8 Å². The Labute approximate surface area is 214 Å². The van der Waals surface area contributed by atoms with E-state index in [1.165, 1.54) is 43.6 Å². The van der Waals surface area contributed by atoms with E-state index in [-0.39, 0.29) is 0 Å². The number of nitrogens with zero attached hydrogens (tertiary/aromatic N) is 4. The van der Waals surface area contributed by atoms with Crippen LogP contribution in [0.3, 0.4) is 0 Å². The summed E-state index contributed by atoms with van der Waals surface area (Å²) in [4.78, 5) is 14.0. The zero-order chi connectivity index (χ0) is 25.3. The predicted molar refractivity (Wildman–Crippen MR) is 145 cm³/mol. The van der Waals surface area contributed by atoms with Crippen LogP contribution in [0.2, 0.25) is 0 Å². The minimum absolute atomic E-state index is 0.306. The molecule has 2 aliphatic rings. The molecule has 2 aliphatic heterocycles. The number of ether oxygens (including phenoxy) is 1. The molecule has 2 fully saturated rings. The summed E-state index contributed by atoms with van der Waals surface area (Å²) in [6, 6.07) is 11.4. The molecule has 2 saturated heterocycles. The van der Waals surface area contributed by atoms with E-state index in [0.29, 0.717) is 22.9 Å². The first-order valence-corrected chi connectivity index (χ1v) is 13.5. The molecular weight excluding hydrogens is 432 g/mol. The summed E-state index contributed by atoms with van der Waals surface area (Å²) >= 11 is 0. The number of rotatable bonds is 6. The predicted octanol–water partition coefficient (Wildman–Crippen LogP) is 6.55. The summed E-state index contributed by atoms with van der Waals surface area (Å²) in [6.45, 7) is 20.1. The fourth-order valence-corrected chi connectivity index (χ4v) is 5.13. The molecule has 4 rings (SSSR count). The third-order valence-corrected chi connectivity index (χ3v) is 6.78. The lowest BCUT2D eigenvalue weighted by Crippen LogP contribution is -2.40. The topological polar surface area (TPSA) is 41.5 Å². The van der Waals surface area contributed by atoms with Gasteiger partial charge in [0.1, 0.15) is 0 Å². The number of hydrogen-bond acceptors (Lipinski definition) is 5. The SMILES string of the molecule is CC(C)(C)CC(c1ccccn1)N1CCOCC1.CC(C)(C)CC(c1cccnc1)N1CCCC1. The van der Waals surface area contributed by atoms with Gasteiger partial charge in [-0.3, -0.25) is 19.8 Å². The van der Waals surface area contributed by atoms with Gasteiger partial charge in [0.05, 0.1) is 24.9 Å². The van der Waals surface area contributed by atoms with Crippen LogP contribution in [0.1, 0.15) is 90.6 Å². The average molecular weight is 481 g/mol. The minimum atomic E-state index is 0.306. The van der Waals surface area contributed by atoms with Gasteiger partial charge in [-0.1, -0.05) is 53.7 Å². The minimum Gasteiger partial charge on any atom is -0.379 e. The van der Waals surface area contributed by atoms with Crippen LogP contribution in [0.5, 0.6) is 0 Å². The molecule has 2 aromatic heterocycles. The molecule has 194 valence electrons. The highest BCUT2D eigenvalue weighted by atomic mass is 16.5. The van der Waals surface area contributed by atoms with Crippen molar-refractivity contribution < 1.29 is 4.74 Å². The van der Waals surface area contributed by atoms with Crippen molar-refractivity contribution in [2.24, 2.45) is 10.8 Å². The molecule has 0 saturated carbocycles. The van der Waals surface area contributed by atoms with Crippen LogP contribution in [-0.2, 0) is 4.74 Å². The van der Waals surface area contributed by atoms with Gasteiger partial charge in [0.2, 0.25) is 0 Å². The van der Waals surface area contributed by atoms with E-state index in [1.54, 1.807) is 0 Å². The Balaban J connectivity index is 0.000000196. The van der Waals surface area contributed by atoms with E-state index in [4.69, 9.17) is 4.74 Å². The van der Waals surface area contributed by atoms with Gasteiger partial charge < -0.3 is 4.74 Å². The first kappa shape index (κ1) is 27.8. The zero-order valence-corrected chi connectivity index (χ0v) is 23.0. The van der Waals surface area contributed by atoms with Crippen LogP contribution in [0.25, 0.3) is 0 Å². The maximum atomic E-state index is 5.45. The van der Waals surface area contributed by atoms with Gasteiger partial charge in [-0.05, 0) is 73.4 Å². The molecule has 0 aliphatic carbocycles. The fourth-order valence-electron chi connectivity index (χ4n) is 5.13. The lowest BCUT2D eigenvalue weighted by Gasteiger charge is -2.37. The number of morpholine rings is 1. The second-order valence-corrected chi connectivity index (χ2v) is 12.5. The summed E-state index contributed by atoms with van der Waals surface area (Å²) in [5.74, 6) is 0. The number of likely N-dealkylation sites (tertiary alicyclic amines) is 1. The fraction of sp³-hybridized carbons (Fsp3) is 0.667. The summed E-state index contributed by atoms with van der Waals surface area (Å²) in [6.07, 6.45) is 10.8. The summed E-state index contributed by atoms with van der Waals surface area (Å²) in [5.41, 5.74) is 3.24. The zero-order valence-electron chi connectivity index (χ0n) is 23.0. The van der Waals surface area contributed by atoms with E-state index < -0.39 is 0 Å². The normalized spacial score (nSPS) is 19.6. The molecule has 0 bridgehead atoms. The first-order valence-electron chi connectivity index (χ1n) is 13.5. The van der Waals surface area contributed by atoms with Crippen LogP contribution in [0.15, 0.2) is 48.9 Å². The first-order chi connectivity index (χ1) is 16.6. The molecule has 5 heteroatoms. The van der Waals surface area contributed by atoms with Gasteiger partial charge in [-0.2, -0.15) is 0 Å². The second-order valence-electron chi connectivity index (χ2n) is 12.5. The Hall–Kier alpha value is -1.82. The highest BCUT2D eigenvalue weighted by molar-refractivity contribution is 5.15. The van der Waals surface area contributed by atoms with E-state index in [2.05, 4.69) is 85.6 Å². The second kappa shape index (κ2) is 12.9. The molecule has 0 aromatic carbocycles. The molecule has 2 atom stereocenters. The van der Waals surface area contributed by atoms with Crippen molar-refractivity contribution in [1.29, 1.82) is 0 Å². The van der Waals surface area contributed by atoms with Crippen molar-refractivity contribution in [2.45, 2.75) is 79.3 Å². The number of pyridine rings is 2. The van der Waals surface area contributed by atoms with Crippen molar-refractivity contribution in [3.05, 3.63) is 60.2 Å². The molecule has 0 amide bonds. The third kappa shape index (κ3) is 9.63. The van der Waals surface area contributed by atoms with E-state index >= 15 is 0 Å². The molecule has 35 heavy (non-hydrogen) atoms. The van der Waals surface area contributed by atoms with Crippen molar-refractivity contribution >= 4 is 0 Å². The Morgan fingerprint density at radius 3 is 1.94 bits per heavy atom. The maximum absolute atomic E-state index is 5.45. The quantitative estimate of drug-likeness (QED) is 0.469. The summed E-state index contributed by atoms with van der Waals surface area (Å²) in [7, 11) is 0. The van der Waals surface area contributed by atoms with Gasteiger partial charge in [0.15, 0.2) is 0 Å². The van der Waals surface area contributed by atoms with E-state index in [9.17, 15) is 0 Å². The molecule has 0 spiro atoms. The third-order valence-electron chi connectivity index (χ3n) is 6.78. The Kier molecular flexibility index (Phi) is 10.3. The van der Waals surface area contributed by atoms with Crippen molar-refractivity contribution in [3.8, 4) is 0 Å². The highest BCUT2D eigenvalue weighted by Gasteiger charge is 2.29.